The van der Waals surface area contributed by atoms with Crippen LogP contribution in [0.1, 0.15) is 35.3 Å². The average molecular weight is 289 g/mol. The summed E-state index contributed by atoms with van der Waals surface area (Å²) < 4.78 is 5.83. The van der Waals surface area contributed by atoms with Gasteiger partial charge in [-0.1, -0.05) is 48.9 Å². The van der Waals surface area contributed by atoms with Crippen LogP contribution in [-0.4, -0.2) is 5.78 Å². The Labute approximate surface area is 124 Å². The molecule has 2 aromatic rings. The summed E-state index contributed by atoms with van der Waals surface area (Å²) in [7, 11) is 0. The van der Waals surface area contributed by atoms with Crippen molar-refractivity contribution in [3.63, 3.8) is 0 Å². The van der Waals surface area contributed by atoms with Gasteiger partial charge in [-0.05, 0) is 36.6 Å². The number of benzene rings is 2. The molecule has 0 atom stereocenters. The first-order valence-electron chi connectivity index (χ1n) is 6.62. The van der Waals surface area contributed by atoms with Gasteiger partial charge in [-0.25, -0.2) is 0 Å². The van der Waals surface area contributed by atoms with Crippen molar-refractivity contribution in [3.8, 4) is 5.75 Å². The van der Waals surface area contributed by atoms with Gasteiger partial charge in [0.1, 0.15) is 12.4 Å². The molecular formula is C17H17ClO2. The highest BCUT2D eigenvalue weighted by atomic mass is 35.5. The maximum Gasteiger partial charge on any atom is 0.161 e. The Morgan fingerprint density at radius 2 is 1.90 bits per heavy atom. The van der Waals surface area contributed by atoms with Gasteiger partial charge >= 0.3 is 0 Å². The quantitative estimate of drug-likeness (QED) is 0.747. The second kappa shape index (κ2) is 6.58. The predicted molar refractivity (Wildman–Crippen MR) is 81.6 cm³/mol. The van der Waals surface area contributed by atoms with E-state index in [0.29, 0.717) is 17.2 Å². The molecule has 2 nitrogen and oxygen atoms in total. The molecule has 0 aliphatic carbocycles. The molecule has 0 aromatic heterocycles. The lowest BCUT2D eigenvalue weighted by Gasteiger charge is -2.13. The van der Waals surface area contributed by atoms with Gasteiger partial charge in [-0.3, -0.25) is 4.79 Å². The van der Waals surface area contributed by atoms with E-state index in [1.807, 2.05) is 43.3 Å². The first kappa shape index (κ1) is 14.6. The maximum absolute atomic E-state index is 11.5. The second-order valence-electron chi connectivity index (χ2n) is 4.62. The fourth-order valence-electron chi connectivity index (χ4n) is 2.02. The van der Waals surface area contributed by atoms with E-state index in [0.717, 1.165) is 23.3 Å². The highest BCUT2D eigenvalue weighted by molar-refractivity contribution is 6.34. The van der Waals surface area contributed by atoms with Gasteiger partial charge < -0.3 is 4.74 Å². The number of aryl methyl sites for hydroxylation is 1. The van der Waals surface area contributed by atoms with E-state index in [2.05, 4.69) is 0 Å². The van der Waals surface area contributed by atoms with Crippen molar-refractivity contribution in [1.29, 1.82) is 0 Å². The van der Waals surface area contributed by atoms with Crippen LogP contribution in [0.3, 0.4) is 0 Å². The van der Waals surface area contributed by atoms with Crippen molar-refractivity contribution in [1.82, 2.24) is 0 Å². The smallest absolute Gasteiger partial charge is 0.161 e. The number of ether oxygens (including phenoxy) is 1. The third-order valence-corrected chi connectivity index (χ3v) is 3.46. The van der Waals surface area contributed by atoms with Gasteiger partial charge in [0, 0.05) is 5.56 Å². The summed E-state index contributed by atoms with van der Waals surface area (Å²) in [6, 6.07) is 13.5. The minimum Gasteiger partial charge on any atom is -0.489 e. The van der Waals surface area contributed by atoms with Crippen LogP contribution >= 0.6 is 11.6 Å². The van der Waals surface area contributed by atoms with Crippen LogP contribution in [0.25, 0.3) is 0 Å². The molecule has 0 aliphatic rings. The van der Waals surface area contributed by atoms with Crippen LogP contribution in [-0.2, 0) is 13.0 Å². The minimum absolute atomic E-state index is 0.0284. The molecule has 2 aromatic carbocycles. The molecule has 0 fully saturated rings. The Bertz CT molecular complexity index is 606. The summed E-state index contributed by atoms with van der Waals surface area (Å²) in [5.74, 6) is 0.714. The molecule has 2 rings (SSSR count). The fourth-order valence-corrected chi connectivity index (χ4v) is 2.30. The Balaban J connectivity index is 2.23. The summed E-state index contributed by atoms with van der Waals surface area (Å²) in [5.41, 5.74) is 2.65. The van der Waals surface area contributed by atoms with Crippen molar-refractivity contribution in [2.45, 2.75) is 26.9 Å². The van der Waals surface area contributed by atoms with Crippen molar-refractivity contribution in [2.75, 3.05) is 0 Å². The summed E-state index contributed by atoms with van der Waals surface area (Å²) in [4.78, 5) is 11.5. The second-order valence-corrected chi connectivity index (χ2v) is 5.03. The number of rotatable bonds is 5. The molecular weight excluding hydrogens is 272 g/mol. The van der Waals surface area contributed by atoms with E-state index in [4.69, 9.17) is 16.3 Å². The Morgan fingerprint density at radius 1 is 1.20 bits per heavy atom. The topological polar surface area (TPSA) is 26.3 Å². The van der Waals surface area contributed by atoms with Crippen molar-refractivity contribution in [3.05, 3.63) is 64.2 Å². The summed E-state index contributed by atoms with van der Waals surface area (Å²) in [5, 5.41) is 0.442. The number of ketones is 1. The van der Waals surface area contributed by atoms with Gasteiger partial charge in [0.2, 0.25) is 0 Å². The SMILES string of the molecule is CCc1cc(C(C)=O)c(Cl)cc1OCc1ccccc1. The molecule has 3 heteroatoms. The zero-order valence-electron chi connectivity index (χ0n) is 11.7. The third-order valence-electron chi connectivity index (χ3n) is 3.15. The Kier molecular flexibility index (Phi) is 4.80. The average Bonchev–Trinajstić information content (AvgIpc) is 2.46. The number of halogens is 1. The lowest BCUT2D eigenvalue weighted by molar-refractivity contribution is 0.101. The number of Topliss-reactive ketones (excluding diaryl/α,β-unsaturated/α-hetero) is 1. The van der Waals surface area contributed by atoms with Gasteiger partial charge in [-0.2, -0.15) is 0 Å². The van der Waals surface area contributed by atoms with E-state index < -0.39 is 0 Å². The Hall–Kier alpha value is -1.80. The first-order chi connectivity index (χ1) is 9.61. The molecule has 0 bridgehead atoms. The normalized spacial score (nSPS) is 10.3. The molecule has 0 N–H and O–H groups in total. The highest BCUT2D eigenvalue weighted by Crippen LogP contribution is 2.29. The maximum atomic E-state index is 11.5. The molecule has 0 heterocycles. The van der Waals surface area contributed by atoms with E-state index in [-0.39, 0.29) is 5.78 Å². The van der Waals surface area contributed by atoms with Gasteiger partial charge in [0.05, 0.1) is 5.02 Å². The fraction of sp³-hybridized carbons (Fsp3) is 0.235. The van der Waals surface area contributed by atoms with Gasteiger partial charge in [0.15, 0.2) is 5.78 Å². The zero-order chi connectivity index (χ0) is 14.5. The van der Waals surface area contributed by atoms with Crippen LogP contribution in [0.2, 0.25) is 5.02 Å². The standard InChI is InChI=1S/C17H17ClO2/c1-3-14-9-15(12(2)19)16(18)10-17(14)20-11-13-7-5-4-6-8-13/h4-10H,3,11H2,1-2H3. The predicted octanol–water partition coefficient (Wildman–Crippen LogP) is 4.68. The number of hydrogen-bond acceptors (Lipinski definition) is 2. The zero-order valence-corrected chi connectivity index (χ0v) is 12.4. The lowest BCUT2D eigenvalue weighted by atomic mass is 10.0. The van der Waals surface area contributed by atoms with Gasteiger partial charge in [-0.15, -0.1) is 0 Å². The van der Waals surface area contributed by atoms with E-state index in [9.17, 15) is 4.79 Å². The van der Waals surface area contributed by atoms with Crippen LogP contribution in [0, 0.1) is 0 Å². The molecule has 0 saturated heterocycles. The van der Waals surface area contributed by atoms with Crippen molar-refractivity contribution in [2.24, 2.45) is 0 Å². The molecule has 0 unspecified atom stereocenters. The van der Waals surface area contributed by atoms with E-state index in [1.165, 1.54) is 6.92 Å². The summed E-state index contributed by atoms with van der Waals surface area (Å²) in [6.07, 6.45) is 0.793. The van der Waals surface area contributed by atoms with E-state index in [1.54, 1.807) is 6.07 Å². The number of carbonyl (C=O) groups excluding carboxylic acids is 1. The van der Waals surface area contributed by atoms with Crippen LogP contribution < -0.4 is 4.74 Å². The molecule has 0 saturated carbocycles. The molecule has 104 valence electrons. The van der Waals surface area contributed by atoms with Gasteiger partial charge in [0.25, 0.3) is 0 Å². The molecule has 0 aliphatic heterocycles. The first-order valence-corrected chi connectivity index (χ1v) is 6.99. The summed E-state index contributed by atoms with van der Waals surface area (Å²) in [6.45, 7) is 4.04. The monoisotopic (exact) mass is 288 g/mol. The third kappa shape index (κ3) is 3.40. The number of carbonyl (C=O) groups is 1. The lowest BCUT2D eigenvalue weighted by Crippen LogP contribution is -2.01. The highest BCUT2D eigenvalue weighted by Gasteiger charge is 2.12. The van der Waals surface area contributed by atoms with Crippen LogP contribution in [0.15, 0.2) is 42.5 Å². The summed E-state index contributed by atoms with van der Waals surface area (Å²) >= 11 is 6.13. The number of hydrogen-bond donors (Lipinski definition) is 0. The Morgan fingerprint density at radius 3 is 2.50 bits per heavy atom. The minimum atomic E-state index is -0.0284. The molecule has 0 radical (unpaired) electrons. The molecule has 0 amide bonds. The van der Waals surface area contributed by atoms with Crippen LogP contribution in [0.5, 0.6) is 5.75 Å². The molecule has 0 spiro atoms. The van der Waals surface area contributed by atoms with Crippen molar-refractivity contribution >= 4 is 17.4 Å². The largest absolute Gasteiger partial charge is 0.489 e. The van der Waals surface area contributed by atoms with Crippen molar-refractivity contribution < 1.29 is 9.53 Å². The molecule has 20 heavy (non-hydrogen) atoms. The van der Waals surface area contributed by atoms with Crippen LogP contribution in [0.4, 0.5) is 0 Å². The van der Waals surface area contributed by atoms with E-state index >= 15 is 0 Å².